The highest BCUT2D eigenvalue weighted by Gasteiger charge is 2.18. The lowest BCUT2D eigenvalue weighted by atomic mass is 10.2. The predicted molar refractivity (Wildman–Crippen MR) is 116 cm³/mol. The fourth-order valence-electron chi connectivity index (χ4n) is 3.23. The minimum Gasteiger partial charge on any atom is -0.449 e. The molecule has 7 heteroatoms. The fraction of sp³-hybridized carbons (Fsp3) is 0.167. The maximum atomic E-state index is 12.4. The van der Waals surface area contributed by atoms with E-state index in [0.29, 0.717) is 5.89 Å². The second kappa shape index (κ2) is 8.79. The third kappa shape index (κ3) is 4.45. The van der Waals surface area contributed by atoms with E-state index in [1.807, 2.05) is 79.2 Å². The van der Waals surface area contributed by atoms with Gasteiger partial charge in [0.25, 0.3) is 5.89 Å². The highest BCUT2D eigenvalue weighted by atomic mass is 16.6. The van der Waals surface area contributed by atoms with Crippen molar-refractivity contribution in [2.24, 2.45) is 0 Å². The number of carbonyl (C=O) groups excluding carboxylic acids is 1. The molecule has 0 fully saturated rings. The van der Waals surface area contributed by atoms with E-state index in [-0.39, 0.29) is 5.89 Å². The lowest BCUT2D eigenvalue weighted by molar-refractivity contribution is -0.143. The van der Waals surface area contributed by atoms with E-state index in [0.717, 1.165) is 28.2 Å². The normalized spacial score (nSPS) is 12.2. The van der Waals surface area contributed by atoms with Crippen LogP contribution in [-0.2, 0) is 9.53 Å². The molecule has 0 aliphatic rings. The third-order valence-electron chi connectivity index (χ3n) is 4.84. The zero-order chi connectivity index (χ0) is 21.8. The number of rotatable bonds is 6. The Morgan fingerprint density at radius 1 is 1.03 bits per heavy atom. The molecule has 0 bridgehead atoms. The summed E-state index contributed by atoms with van der Waals surface area (Å²) >= 11 is 0. The molecule has 0 amide bonds. The van der Waals surface area contributed by atoms with Crippen LogP contribution < -0.4 is 0 Å². The molecule has 4 aromatic rings. The van der Waals surface area contributed by atoms with Crippen molar-refractivity contribution in [1.29, 1.82) is 0 Å². The number of hydrogen-bond acceptors (Lipinski definition) is 6. The molecule has 0 aliphatic carbocycles. The van der Waals surface area contributed by atoms with Crippen LogP contribution in [0.25, 0.3) is 23.2 Å². The number of carbonyl (C=O) groups is 1. The van der Waals surface area contributed by atoms with Crippen molar-refractivity contribution in [2.45, 2.75) is 26.9 Å². The molecule has 2 aromatic carbocycles. The molecule has 2 aromatic heterocycles. The topological polar surface area (TPSA) is 83.0 Å². The molecule has 0 N–H and O–H groups in total. The standard InChI is InChI=1S/C24H22N4O3/c1-16-21(17(2)28(27-16)20-12-8-5-9-13-20)14-15-22(29)30-18(3)23-25-26-24(31-23)19-10-6-4-7-11-19/h4-15,18H,1-3H3/b15-14+. The zero-order valence-corrected chi connectivity index (χ0v) is 17.5. The van der Waals surface area contributed by atoms with Crippen molar-refractivity contribution >= 4 is 12.0 Å². The number of hydrogen-bond donors (Lipinski definition) is 0. The molecule has 1 unspecified atom stereocenters. The summed E-state index contributed by atoms with van der Waals surface area (Å²) in [6.45, 7) is 5.56. The summed E-state index contributed by atoms with van der Waals surface area (Å²) in [7, 11) is 0. The van der Waals surface area contributed by atoms with Crippen LogP contribution in [0.2, 0.25) is 0 Å². The Hall–Kier alpha value is -4.00. The molecular formula is C24H22N4O3. The van der Waals surface area contributed by atoms with E-state index in [1.165, 1.54) is 6.08 Å². The van der Waals surface area contributed by atoms with Gasteiger partial charge in [0.2, 0.25) is 5.89 Å². The number of nitrogens with zero attached hydrogens (tertiary/aromatic N) is 4. The van der Waals surface area contributed by atoms with Crippen molar-refractivity contribution in [3.8, 4) is 17.1 Å². The Morgan fingerprint density at radius 2 is 1.71 bits per heavy atom. The van der Waals surface area contributed by atoms with Crippen LogP contribution in [0.1, 0.15) is 35.9 Å². The average molecular weight is 414 g/mol. The number of para-hydroxylation sites is 1. The van der Waals surface area contributed by atoms with Crippen LogP contribution in [0.4, 0.5) is 0 Å². The van der Waals surface area contributed by atoms with E-state index in [4.69, 9.17) is 9.15 Å². The Morgan fingerprint density at radius 3 is 2.42 bits per heavy atom. The molecule has 4 rings (SSSR count). The van der Waals surface area contributed by atoms with Crippen molar-refractivity contribution in [2.75, 3.05) is 0 Å². The molecule has 1 atom stereocenters. The van der Waals surface area contributed by atoms with Gasteiger partial charge in [-0.25, -0.2) is 9.48 Å². The van der Waals surface area contributed by atoms with Gasteiger partial charge in [-0.1, -0.05) is 36.4 Å². The van der Waals surface area contributed by atoms with Gasteiger partial charge in [0.05, 0.1) is 11.4 Å². The molecular weight excluding hydrogens is 392 g/mol. The Balaban J connectivity index is 1.45. The number of esters is 1. The van der Waals surface area contributed by atoms with Crippen molar-refractivity contribution in [3.05, 3.63) is 89.6 Å². The smallest absolute Gasteiger partial charge is 0.331 e. The summed E-state index contributed by atoms with van der Waals surface area (Å²) in [5, 5.41) is 12.6. The minimum atomic E-state index is -0.670. The van der Waals surface area contributed by atoms with Gasteiger partial charge in [-0.2, -0.15) is 5.10 Å². The fourth-order valence-corrected chi connectivity index (χ4v) is 3.23. The highest BCUT2D eigenvalue weighted by molar-refractivity contribution is 5.87. The number of aromatic nitrogens is 4. The molecule has 0 spiro atoms. The second-order valence-corrected chi connectivity index (χ2v) is 7.06. The van der Waals surface area contributed by atoms with E-state index in [9.17, 15) is 4.79 Å². The van der Waals surface area contributed by atoms with Gasteiger partial charge in [-0.15, -0.1) is 10.2 Å². The van der Waals surface area contributed by atoms with Crippen LogP contribution in [0, 0.1) is 13.8 Å². The SMILES string of the molecule is Cc1nn(-c2ccccc2)c(C)c1/C=C/C(=O)OC(C)c1nnc(-c2ccccc2)o1. The van der Waals surface area contributed by atoms with Crippen LogP contribution in [0.3, 0.4) is 0 Å². The molecule has 31 heavy (non-hydrogen) atoms. The van der Waals surface area contributed by atoms with Crippen molar-refractivity contribution in [3.63, 3.8) is 0 Å². The van der Waals surface area contributed by atoms with Gasteiger partial charge < -0.3 is 9.15 Å². The van der Waals surface area contributed by atoms with Crippen molar-refractivity contribution < 1.29 is 13.9 Å². The first kappa shape index (κ1) is 20.3. The Bertz CT molecular complexity index is 1210. The van der Waals surface area contributed by atoms with Gasteiger partial charge in [-0.05, 0) is 51.1 Å². The lowest BCUT2D eigenvalue weighted by Crippen LogP contribution is -2.06. The average Bonchev–Trinajstić information content (AvgIpc) is 3.39. The van der Waals surface area contributed by atoms with Gasteiger partial charge >= 0.3 is 5.97 Å². The van der Waals surface area contributed by atoms with Gasteiger partial charge in [0.15, 0.2) is 6.10 Å². The van der Waals surface area contributed by atoms with Gasteiger partial charge in [0.1, 0.15) is 0 Å². The first-order chi connectivity index (χ1) is 15.0. The number of ether oxygens (including phenoxy) is 1. The largest absolute Gasteiger partial charge is 0.449 e. The number of benzene rings is 2. The summed E-state index contributed by atoms with van der Waals surface area (Å²) in [4.78, 5) is 12.4. The maximum Gasteiger partial charge on any atom is 0.331 e. The first-order valence-electron chi connectivity index (χ1n) is 9.92. The molecule has 0 radical (unpaired) electrons. The van der Waals surface area contributed by atoms with E-state index < -0.39 is 12.1 Å². The van der Waals surface area contributed by atoms with E-state index in [2.05, 4.69) is 15.3 Å². The molecule has 7 nitrogen and oxygen atoms in total. The van der Waals surface area contributed by atoms with Gasteiger partial charge in [0, 0.05) is 22.9 Å². The third-order valence-corrected chi connectivity index (χ3v) is 4.84. The predicted octanol–water partition coefficient (Wildman–Crippen LogP) is 4.86. The number of aryl methyl sites for hydroxylation is 1. The Kier molecular flexibility index (Phi) is 5.75. The van der Waals surface area contributed by atoms with Crippen LogP contribution in [0.15, 0.2) is 71.2 Å². The molecule has 0 saturated heterocycles. The molecule has 0 aliphatic heterocycles. The minimum absolute atomic E-state index is 0.241. The molecule has 2 heterocycles. The second-order valence-electron chi connectivity index (χ2n) is 7.06. The summed E-state index contributed by atoms with van der Waals surface area (Å²) in [6, 6.07) is 19.3. The summed E-state index contributed by atoms with van der Waals surface area (Å²) in [5.74, 6) is 0.122. The molecule has 156 valence electrons. The highest BCUT2D eigenvalue weighted by Crippen LogP contribution is 2.23. The van der Waals surface area contributed by atoms with E-state index >= 15 is 0 Å². The quantitative estimate of drug-likeness (QED) is 0.331. The zero-order valence-electron chi connectivity index (χ0n) is 17.5. The lowest BCUT2D eigenvalue weighted by Gasteiger charge is -2.07. The van der Waals surface area contributed by atoms with Gasteiger partial charge in [-0.3, -0.25) is 0 Å². The maximum absolute atomic E-state index is 12.4. The van der Waals surface area contributed by atoms with Crippen molar-refractivity contribution in [1.82, 2.24) is 20.0 Å². The van der Waals surface area contributed by atoms with Crippen LogP contribution in [0.5, 0.6) is 0 Å². The summed E-state index contributed by atoms with van der Waals surface area (Å²) in [5.41, 5.74) is 4.40. The summed E-state index contributed by atoms with van der Waals surface area (Å²) in [6.07, 6.45) is 2.43. The van der Waals surface area contributed by atoms with Crippen LogP contribution >= 0.6 is 0 Å². The van der Waals surface area contributed by atoms with E-state index in [1.54, 1.807) is 13.0 Å². The monoisotopic (exact) mass is 414 g/mol. The summed E-state index contributed by atoms with van der Waals surface area (Å²) < 4.78 is 12.9. The Labute approximate surface area is 180 Å². The first-order valence-corrected chi connectivity index (χ1v) is 9.92. The molecule has 0 saturated carbocycles. The van der Waals surface area contributed by atoms with Crippen LogP contribution in [-0.4, -0.2) is 25.9 Å².